The Kier molecular flexibility index (Phi) is 2.87. The van der Waals surface area contributed by atoms with Gasteiger partial charge in [0.2, 0.25) is 0 Å². The van der Waals surface area contributed by atoms with Crippen molar-refractivity contribution in [2.24, 2.45) is 10.7 Å². The van der Waals surface area contributed by atoms with Crippen molar-refractivity contribution in [1.82, 2.24) is 0 Å². The second kappa shape index (κ2) is 3.72. The van der Waals surface area contributed by atoms with Gasteiger partial charge in [-0.05, 0) is 24.6 Å². The Morgan fingerprint density at radius 2 is 2.17 bits per heavy atom. The predicted molar refractivity (Wildman–Crippen MR) is 55.5 cm³/mol. The molecule has 0 radical (unpaired) electrons. The van der Waals surface area contributed by atoms with Crippen LogP contribution in [-0.4, -0.2) is 12.9 Å². The van der Waals surface area contributed by atoms with E-state index in [1.807, 2.05) is 25.1 Å². The molecule has 12 heavy (non-hydrogen) atoms. The molecule has 2 N–H and O–H groups in total. The van der Waals surface area contributed by atoms with Crippen LogP contribution in [0.25, 0.3) is 0 Å². The van der Waals surface area contributed by atoms with Crippen LogP contribution in [0.3, 0.4) is 0 Å². The second-order valence-corrected chi connectivity index (χ2v) is 3.45. The molecule has 0 aliphatic heterocycles. The summed E-state index contributed by atoms with van der Waals surface area (Å²) in [7, 11) is 1.68. The molecular formula is C9H11BrN2. The molecule has 0 bridgehead atoms. The highest BCUT2D eigenvalue weighted by atomic mass is 79.9. The predicted octanol–water partition coefficient (Wildman–Crippen LogP) is 2.09. The van der Waals surface area contributed by atoms with Crippen LogP contribution >= 0.6 is 15.9 Å². The van der Waals surface area contributed by atoms with Crippen LogP contribution in [0.4, 0.5) is 0 Å². The Hall–Kier alpha value is -0.830. The zero-order valence-electron chi connectivity index (χ0n) is 7.13. The highest BCUT2D eigenvalue weighted by Crippen LogP contribution is 2.17. The van der Waals surface area contributed by atoms with Gasteiger partial charge in [0.1, 0.15) is 5.84 Å². The van der Waals surface area contributed by atoms with Crippen LogP contribution < -0.4 is 5.73 Å². The summed E-state index contributed by atoms with van der Waals surface area (Å²) in [4.78, 5) is 3.91. The minimum Gasteiger partial charge on any atom is -0.383 e. The number of aliphatic imine (C=N–C) groups is 1. The van der Waals surface area contributed by atoms with E-state index in [-0.39, 0.29) is 0 Å². The first kappa shape index (κ1) is 9.26. The van der Waals surface area contributed by atoms with Gasteiger partial charge in [-0.15, -0.1) is 0 Å². The van der Waals surface area contributed by atoms with Gasteiger partial charge in [-0.1, -0.05) is 22.0 Å². The fraction of sp³-hybridized carbons (Fsp3) is 0.222. The minimum atomic E-state index is 0.557. The summed E-state index contributed by atoms with van der Waals surface area (Å²) < 4.78 is 0.991. The van der Waals surface area contributed by atoms with E-state index in [9.17, 15) is 0 Å². The van der Waals surface area contributed by atoms with Crippen LogP contribution in [0, 0.1) is 6.92 Å². The molecule has 0 aliphatic rings. The molecule has 0 aliphatic carbocycles. The van der Waals surface area contributed by atoms with Gasteiger partial charge in [0.15, 0.2) is 0 Å². The fourth-order valence-corrected chi connectivity index (χ4v) is 1.64. The summed E-state index contributed by atoms with van der Waals surface area (Å²) in [5.74, 6) is 0.557. The summed E-state index contributed by atoms with van der Waals surface area (Å²) in [6, 6.07) is 5.99. The van der Waals surface area contributed by atoms with E-state index >= 15 is 0 Å². The molecule has 1 rings (SSSR count). The Balaban J connectivity index is 3.18. The quantitative estimate of drug-likeness (QED) is 0.579. The molecule has 0 amide bonds. The van der Waals surface area contributed by atoms with Crippen molar-refractivity contribution in [2.75, 3.05) is 7.05 Å². The monoisotopic (exact) mass is 226 g/mol. The lowest BCUT2D eigenvalue weighted by atomic mass is 10.1. The normalized spacial score (nSPS) is 11.8. The molecule has 2 nitrogen and oxygen atoms in total. The maximum Gasteiger partial charge on any atom is 0.126 e. The van der Waals surface area contributed by atoms with Gasteiger partial charge in [-0.3, -0.25) is 4.99 Å². The van der Waals surface area contributed by atoms with Crippen molar-refractivity contribution in [2.45, 2.75) is 6.92 Å². The molecule has 0 aromatic heterocycles. The molecule has 64 valence electrons. The van der Waals surface area contributed by atoms with Crippen molar-refractivity contribution in [3.05, 3.63) is 33.8 Å². The minimum absolute atomic E-state index is 0.557. The van der Waals surface area contributed by atoms with E-state index in [2.05, 4.69) is 20.9 Å². The highest BCUT2D eigenvalue weighted by Gasteiger charge is 2.02. The first-order valence-corrected chi connectivity index (χ1v) is 4.43. The summed E-state index contributed by atoms with van der Waals surface area (Å²) in [5.41, 5.74) is 7.82. The zero-order chi connectivity index (χ0) is 9.14. The van der Waals surface area contributed by atoms with Crippen LogP contribution in [0.1, 0.15) is 11.1 Å². The Labute approximate surface area is 80.6 Å². The molecule has 3 heteroatoms. The smallest absolute Gasteiger partial charge is 0.126 e. The summed E-state index contributed by atoms with van der Waals surface area (Å²) in [6.07, 6.45) is 0. The van der Waals surface area contributed by atoms with E-state index in [0.717, 1.165) is 10.0 Å². The lowest BCUT2D eigenvalue weighted by Gasteiger charge is -2.03. The van der Waals surface area contributed by atoms with Crippen molar-refractivity contribution in [1.29, 1.82) is 0 Å². The van der Waals surface area contributed by atoms with Gasteiger partial charge in [-0.25, -0.2) is 0 Å². The molecule has 0 saturated heterocycles. The molecule has 1 aromatic rings. The number of aryl methyl sites for hydroxylation is 1. The number of benzene rings is 1. The van der Waals surface area contributed by atoms with E-state index in [4.69, 9.17) is 5.73 Å². The van der Waals surface area contributed by atoms with E-state index in [1.165, 1.54) is 5.56 Å². The first-order chi connectivity index (χ1) is 5.65. The van der Waals surface area contributed by atoms with Crippen LogP contribution in [0.5, 0.6) is 0 Å². The first-order valence-electron chi connectivity index (χ1n) is 3.64. The van der Waals surface area contributed by atoms with E-state index in [1.54, 1.807) is 7.05 Å². The van der Waals surface area contributed by atoms with Gasteiger partial charge < -0.3 is 5.73 Å². The maximum absolute atomic E-state index is 5.67. The lowest BCUT2D eigenvalue weighted by molar-refractivity contribution is 1.36. The number of hydrogen-bond donors (Lipinski definition) is 1. The fourth-order valence-electron chi connectivity index (χ4n) is 0.948. The Morgan fingerprint density at radius 3 is 2.67 bits per heavy atom. The lowest BCUT2D eigenvalue weighted by Crippen LogP contribution is -2.13. The number of halogens is 1. The maximum atomic E-state index is 5.67. The van der Waals surface area contributed by atoms with Gasteiger partial charge >= 0.3 is 0 Å². The Bertz CT molecular complexity index is 318. The molecule has 0 atom stereocenters. The SMILES string of the molecule is CN=C(N)c1ccc(C)cc1Br. The van der Waals surface area contributed by atoms with Crippen molar-refractivity contribution in [3.8, 4) is 0 Å². The summed E-state index contributed by atoms with van der Waals surface area (Å²) >= 11 is 3.43. The number of hydrogen-bond acceptors (Lipinski definition) is 1. The third kappa shape index (κ3) is 1.85. The summed E-state index contributed by atoms with van der Waals surface area (Å²) in [6.45, 7) is 2.04. The van der Waals surface area contributed by atoms with Crippen LogP contribution in [0.15, 0.2) is 27.7 Å². The molecule has 0 heterocycles. The highest BCUT2D eigenvalue weighted by molar-refractivity contribution is 9.10. The summed E-state index contributed by atoms with van der Waals surface area (Å²) in [5, 5.41) is 0. The third-order valence-corrected chi connectivity index (χ3v) is 2.30. The van der Waals surface area contributed by atoms with Crippen molar-refractivity contribution in [3.63, 3.8) is 0 Å². The molecule has 0 saturated carbocycles. The van der Waals surface area contributed by atoms with Crippen LogP contribution in [0.2, 0.25) is 0 Å². The van der Waals surface area contributed by atoms with Gasteiger partial charge in [-0.2, -0.15) is 0 Å². The molecule has 0 fully saturated rings. The Morgan fingerprint density at radius 1 is 1.50 bits per heavy atom. The average molecular weight is 227 g/mol. The van der Waals surface area contributed by atoms with Gasteiger partial charge in [0.05, 0.1) is 0 Å². The van der Waals surface area contributed by atoms with Gasteiger partial charge in [0.25, 0.3) is 0 Å². The number of rotatable bonds is 1. The largest absolute Gasteiger partial charge is 0.383 e. The number of nitrogens with zero attached hydrogens (tertiary/aromatic N) is 1. The topological polar surface area (TPSA) is 38.4 Å². The molecule has 0 unspecified atom stereocenters. The standard InChI is InChI=1S/C9H11BrN2/c1-6-3-4-7(8(10)5-6)9(11)12-2/h3-5H,1-2H3,(H2,11,12). The van der Waals surface area contributed by atoms with Crippen molar-refractivity contribution < 1.29 is 0 Å². The van der Waals surface area contributed by atoms with Crippen LogP contribution in [-0.2, 0) is 0 Å². The zero-order valence-corrected chi connectivity index (χ0v) is 8.72. The number of nitrogens with two attached hydrogens (primary N) is 1. The second-order valence-electron chi connectivity index (χ2n) is 2.59. The average Bonchev–Trinajstić information content (AvgIpc) is 2.03. The van der Waals surface area contributed by atoms with Crippen molar-refractivity contribution >= 4 is 21.8 Å². The van der Waals surface area contributed by atoms with Gasteiger partial charge in [0, 0.05) is 17.1 Å². The molecule has 1 aromatic carbocycles. The van der Waals surface area contributed by atoms with E-state index in [0.29, 0.717) is 5.84 Å². The molecule has 0 spiro atoms. The third-order valence-electron chi connectivity index (χ3n) is 1.64. The molecular weight excluding hydrogens is 216 g/mol. The number of amidine groups is 1. The van der Waals surface area contributed by atoms with E-state index < -0.39 is 0 Å².